The first-order valence-electron chi connectivity index (χ1n) is 4.96. The molecular formula is C14H12O. The van der Waals surface area contributed by atoms with Crippen LogP contribution in [0.1, 0.15) is 22.8 Å². The predicted octanol–water partition coefficient (Wildman–Crippen LogP) is 3.69. The van der Waals surface area contributed by atoms with Crippen molar-refractivity contribution in [3.05, 3.63) is 53.6 Å². The normalized spacial score (nSPS) is 11.0. The second-order valence-corrected chi connectivity index (χ2v) is 3.45. The molecule has 2 rings (SSSR count). The van der Waals surface area contributed by atoms with Crippen LogP contribution >= 0.6 is 0 Å². The van der Waals surface area contributed by atoms with E-state index >= 15 is 0 Å². The third-order valence-corrected chi connectivity index (χ3v) is 2.42. The van der Waals surface area contributed by atoms with Crippen molar-refractivity contribution in [3.8, 4) is 0 Å². The van der Waals surface area contributed by atoms with Gasteiger partial charge in [0, 0.05) is 5.56 Å². The van der Waals surface area contributed by atoms with Crippen molar-refractivity contribution in [1.29, 1.82) is 0 Å². The second-order valence-electron chi connectivity index (χ2n) is 3.45. The molecule has 0 heterocycles. The molecule has 0 atom stereocenters. The largest absolute Gasteiger partial charge is 0.298 e. The molecule has 1 nitrogen and oxygen atoms in total. The van der Waals surface area contributed by atoms with Crippen molar-refractivity contribution < 1.29 is 4.79 Å². The van der Waals surface area contributed by atoms with E-state index in [0.717, 1.165) is 28.2 Å². The van der Waals surface area contributed by atoms with Crippen LogP contribution < -0.4 is 0 Å². The number of benzene rings is 2. The summed E-state index contributed by atoms with van der Waals surface area (Å²) in [6.07, 6.45) is 4.95. The molecule has 0 bridgehead atoms. The fraction of sp³-hybridized carbons (Fsp3) is 0.0714. The molecule has 0 amide bonds. The molecule has 1 heteroatoms. The molecule has 2 aromatic rings. The maximum absolute atomic E-state index is 10.8. The molecule has 0 radical (unpaired) electrons. The van der Waals surface area contributed by atoms with E-state index in [2.05, 4.69) is 6.07 Å². The Morgan fingerprint density at radius 2 is 2.00 bits per heavy atom. The lowest BCUT2D eigenvalue weighted by molar-refractivity contribution is 0.112. The summed E-state index contributed by atoms with van der Waals surface area (Å²) in [6.45, 7) is 1.99. The van der Waals surface area contributed by atoms with Crippen molar-refractivity contribution >= 4 is 23.1 Å². The van der Waals surface area contributed by atoms with Gasteiger partial charge in [0.2, 0.25) is 0 Å². The fourth-order valence-corrected chi connectivity index (χ4v) is 1.73. The average Bonchev–Trinajstić information content (AvgIpc) is 2.28. The maximum atomic E-state index is 10.8. The van der Waals surface area contributed by atoms with Crippen LogP contribution in [-0.4, -0.2) is 6.29 Å². The molecule has 15 heavy (non-hydrogen) atoms. The van der Waals surface area contributed by atoms with E-state index in [1.165, 1.54) is 0 Å². The van der Waals surface area contributed by atoms with Gasteiger partial charge in [-0.25, -0.2) is 0 Å². The van der Waals surface area contributed by atoms with E-state index in [1.807, 2.05) is 49.4 Å². The molecule has 0 aliphatic rings. The van der Waals surface area contributed by atoms with E-state index < -0.39 is 0 Å². The van der Waals surface area contributed by atoms with E-state index in [-0.39, 0.29) is 0 Å². The monoisotopic (exact) mass is 196 g/mol. The SMILES string of the molecule is CC=Cc1ccc2c(C=O)cccc2c1. The number of hydrogen-bond donors (Lipinski definition) is 0. The summed E-state index contributed by atoms with van der Waals surface area (Å²) in [5.74, 6) is 0. The molecule has 74 valence electrons. The van der Waals surface area contributed by atoms with Crippen LogP contribution in [0.5, 0.6) is 0 Å². The molecule has 2 aromatic carbocycles. The van der Waals surface area contributed by atoms with Gasteiger partial charge in [0.15, 0.2) is 6.29 Å². The summed E-state index contributed by atoms with van der Waals surface area (Å²) in [7, 11) is 0. The van der Waals surface area contributed by atoms with Gasteiger partial charge in [-0.15, -0.1) is 0 Å². The van der Waals surface area contributed by atoms with Gasteiger partial charge in [0.05, 0.1) is 0 Å². The highest BCUT2D eigenvalue weighted by atomic mass is 16.1. The highest BCUT2D eigenvalue weighted by Crippen LogP contribution is 2.19. The molecule has 0 fully saturated rings. The van der Waals surface area contributed by atoms with Gasteiger partial charge < -0.3 is 0 Å². The Balaban J connectivity index is 2.68. The van der Waals surface area contributed by atoms with Gasteiger partial charge in [-0.05, 0) is 29.3 Å². The van der Waals surface area contributed by atoms with Crippen molar-refractivity contribution in [2.45, 2.75) is 6.92 Å². The third-order valence-electron chi connectivity index (χ3n) is 2.42. The molecule has 0 spiro atoms. The van der Waals surface area contributed by atoms with E-state index in [1.54, 1.807) is 0 Å². The molecule has 0 saturated heterocycles. The first kappa shape index (κ1) is 9.66. The standard InChI is InChI=1S/C14H12O/c1-2-4-11-7-8-14-12(9-11)5-3-6-13(14)10-15/h2-10H,1H3. The number of carbonyl (C=O) groups excluding carboxylic acids is 1. The van der Waals surface area contributed by atoms with Crippen molar-refractivity contribution in [3.63, 3.8) is 0 Å². The van der Waals surface area contributed by atoms with Crippen LogP contribution in [-0.2, 0) is 0 Å². The summed E-state index contributed by atoms with van der Waals surface area (Å²) in [4.78, 5) is 10.8. The first-order chi connectivity index (χ1) is 7.35. The number of allylic oxidation sites excluding steroid dienone is 1. The molecule has 0 aliphatic heterocycles. The van der Waals surface area contributed by atoms with Crippen LogP contribution in [0.25, 0.3) is 16.8 Å². The second kappa shape index (κ2) is 4.09. The van der Waals surface area contributed by atoms with Gasteiger partial charge >= 0.3 is 0 Å². The quantitative estimate of drug-likeness (QED) is 0.669. The summed E-state index contributed by atoms with van der Waals surface area (Å²) in [5, 5.41) is 2.12. The number of hydrogen-bond acceptors (Lipinski definition) is 1. The van der Waals surface area contributed by atoms with Gasteiger partial charge in [-0.2, -0.15) is 0 Å². The molecular weight excluding hydrogens is 184 g/mol. The Morgan fingerprint density at radius 3 is 2.73 bits per heavy atom. The molecule has 0 unspecified atom stereocenters. The Labute approximate surface area is 89.0 Å². The summed E-state index contributed by atoms with van der Waals surface area (Å²) < 4.78 is 0. The zero-order valence-electron chi connectivity index (χ0n) is 8.60. The van der Waals surface area contributed by atoms with Gasteiger partial charge in [-0.3, -0.25) is 4.79 Å². The van der Waals surface area contributed by atoms with Crippen LogP contribution in [0.3, 0.4) is 0 Å². The van der Waals surface area contributed by atoms with Crippen LogP contribution in [0.4, 0.5) is 0 Å². The van der Waals surface area contributed by atoms with E-state index in [9.17, 15) is 4.79 Å². The van der Waals surface area contributed by atoms with Gasteiger partial charge in [0.25, 0.3) is 0 Å². The average molecular weight is 196 g/mol. The molecule has 0 aliphatic carbocycles. The van der Waals surface area contributed by atoms with E-state index in [0.29, 0.717) is 0 Å². The van der Waals surface area contributed by atoms with Gasteiger partial charge in [-0.1, -0.05) is 42.5 Å². The lowest BCUT2D eigenvalue weighted by Crippen LogP contribution is -1.83. The molecule has 0 saturated carbocycles. The van der Waals surface area contributed by atoms with Gasteiger partial charge in [0.1, 0.15) is 0 Å². The Kier molecular flexibility index (Phi) is 2.64. The summed E-state index contributed by atoms with van der Waals surface area (Å²) in [6, 6.07) is 11.9. The zero-order valence-corrected chi connectivity index (χ0v) is 8.60. The van der Waals surface area contributed by atoms with E-state index in [4.69, 9.17) is 0 Å². The molecule has 0 aromatic heterocycles. The third kappa shape index (κ3) is 1.82. The highest BCUT2D eigenvalue weighted by molar-refractivity contribution is 5.98. The highest BCUT2D eigenvalue weighted by Gasteiger charge is 1.99. The number of fused-ring (bicyclic) bond motifs is 1. The summed E-state index contributed by atoms with van der Waals surface area (Å²) >= 11 is 0. The van der Waals surface area contributed by atoms with Crippen LogP contribution in [0, 0.1) is 0 Å². The Hall–Kier alpha value is -1.89. The summed E-state index contributed by atoms with van der Waals surface area (Å²) in [5.41, 5.74) is 1.91. The van der Waals surface area contributed by atoms with Crippen LogP contribution in [0.15, 0.2) is 42.5 Å². The number of aldehydes is 1. The van der Waals surface area contributed by atoms with Crippen molar-refractivity contribution in [2.24, 2.45) is 0 Å². The predicted molar refractivity (Wildman–Crippen MR) is 64.0 cm³/mol. The van der Waals surface area contributed by atoms with Crippen molar-refractivity contribution in [1.82, 2.24) is 0 Å². The minimum Gasteiger partial charge on any atom is -0.298 e. The van der Waals surface area contributed by atoms with Crippen molar-refractivity contribution in [2.75, 3.05) is 0 Å². The van der Waals surface area contributed by atoms with Crippen LogP contribution in [0.2, 0.25) is 0 Å². The Bertz CT molecular complexity index is 524. The molecule has 0 N–H and O–H groups in total. The topological polar surface area (TPSA) is 17.1 Å². The lowest BCUT2D eigenvalue weighted by atomic mass is 10.0. The number of carbonyl (C=O) groups is 1. The smallest absolute Gasteiger partial charge is 0.150 e. The fourth-order valence-electron chi connectivity index (χ4n) is 1.73. The Morgan fingerprint density at radius 1 is 1.13 bits per heavy atom. The minimum absolute atomic E-state index is 0.750. The first-order valence-corrected chi connectivity index (χ1v) is 4.96. The minimum atomic E-state index is 0.750. The zero-order chi connectivity index (χ0) is 10.7. The lowest BCUT2D eigenvalue weighted by Gasteiger charge is -2.01. The maximum Gasteiger partial charge on any atom is 0.150 e. The number of rotatable bonds is 2.